The SMILES string of the molecule is CC(C)(C)OC(=O)Nc1ncnc2c([C@@H]3OC(CO)(CO)[C@H]4OC(C)(C)O[C@@H]34)csc12. The molecule has 2 fully saturated rings. The van der Waals surface area contributed by atoms with Gasteiger partial charge in [0.25, 0.3) is 0 Å². The van der Waals surface area contributed by atoms with Crippen molar-refractivity contribution in [1.29, 1.82) is 0 Å². The van der Waals surface area contributed by atoms with Crippen LogP contribution >= 0.6 is 11.3 Å². The van der Waals surface area contributed by atoms with Gasteiger partial charge in [0.1, 0.15) is 35.8 Å². The molecule has 10 nitrogen and oxygen atoms in total. The topological polar surface area (TPSA) is 132 Å². The fraction of sp³-hybridized carbons (Fsp3) is 0.650. The van der Waals surface area contributed by atoms with Crippen LogP contribution in [0.5, 0.6) is 0 Å². The Balaban J connectivity index is 1.68. The van der Waals surface area contributed by atoms with Gasteiger partial charge in [0.05, 0.1) is 23.4 Å². The highest BCUT2D eigenvalue weighted by molar-refractivity contribution is 7.18. The third-order valence-corrected chi connectivity index (χ3v) is 6.14. The molecule has 3 N–H and O–H groups in total. The zero-order valence-electron chi connectivity index (χ0n) is 18.0. The molecule has 0 bridgehead atoms. The van der Waals surface area contributed by atoms with Crippen LogP contribution in [0.2, 0.25) is 0 Å². The van der Waals surface area contributed by atoms with E-state index in [2.05, 4.69) is 15.3 Å². The summed E-state index contributed by atoms with van der Waals surface area (Å²) in [5.74, 6) is -0.568. The molecule has 0 aliphatic carbocycles. The van der Waals surface area contributed by atoms with E-state index < -0.39 is 54.6 Å². The number of nitrogens with one attached hydrogen (secondary N) is 1. The monoisotopic (exact) mass is 453 g/mol. The van der Waals surface area contributed by atoms with Gasteiger partial charge in [-0.1, -0.05) is 0 Å². The van der Waals surface area contributed by atoms with Gasteiger partial charge in [-0.25, -0.2) is 14.8 Å². The maximum atomic E-state index is 12.2. The molecule has 170 valence electrons. The first-order valence-electron chi connectivity index (χ1n) is 9.96. The molecule has 0 radical (unpaired) electrons. The van der Waals surface area contributed by atoms with Gasteiger partial charge in [0.15, 0.2) is 11.6 Å². The van der Waals surface area contributed by atoms with Crippen LogP contribution in [-0.2, 0) is 18.9 Å². The lowest BCUT2D eigenvalue weighted by atomic mass is 9.95. The molecule has 2 saturated heterocycles. The lowest BCUT2D eigenvalue weighted by Gasteiger charge is -2.31. The summed E-state index contributed by atoms with van der Waals surface area (Å²) in [6.07, 6.45) is -1.11. The van der Waals surface area contributed by atoms with Gasteiger partial charge in [0, 0.05) is 5.56 Å². The van der Waals surface area contributed by atoms with E-state index in [1.807, 2.05) is 5.38 Å². The lowest BCUT2D eigenvalue weighted by molar-refractivity contribution is -0.224. The smallest absolute Gasteiger partial charge is 0.413 e. The Kier molecular flexibility index (Phi) is 5.48. The third kappa shape index (κ3) is 4.01. The summed E-state index contributed by atoms with van der Waals surface area (Å²) in [6, 6.07) is 0. The molecule has 0 spiro atoms. The maximum Gasteiger partial charge on any atom is 0.413 e. The highest BCUT2D eigenvalue weighted by Crippen LogP contribution is 2.51. The first-order chi connectivity index (χ1) is 14.5. The molecule has 2 aromatic rings. The van der Waals surface area contributed by atoms with Crippen molar-refractivity contribution < 1.29 is 34.0 Å². The van der Waals surface area contributed by atoms with Gasteiger partial charge >= 0.3 is 6.09 Å². The van der Waals surface area contributed by atoms with Crippen LogP contribution in [0.3, 0.4) is 0 Å². The molecule has 11 heteroatoms. The van der Waals surface area contributed by atoms with Crippen molar-refractivity contribution in [3.05, 3.63) is 17.3 Å². The minimum absolute atomic E-state index is 0.324. The second kappa shape index (κ2) is 7.61. The molecule has 2 aromatic heterocycles. The first-order valence-corrected chi connectivity index (χ1v) is 10.8. The van der Waals surface area contributed by atoms with Crippen molar-refractivity contribution in [3.8, 4) is 0 Å². The van der Waals surface area contributed by atoms with E-state index in [0.29, 0.717) is 21.6 Å². The summed E-state index contributed by atoms with van der Waals surface area (Å²) in [4.78, 5) is 20.8. The van der Waals surface area contributed by atoms with E-state index in [0.717, 1.165) is 0 Å². The summed E-state index contributed by atoms with van der Waals surface area (Å²) in [5, 5.41) is 24.5. The second-order valence-electron chi connectivity index (χ2n) is 9.16. The zero-order chi connectivity index (χ0) is 22.6. The lowest BCUT2D eigenvalue weighted by Crippen LogP contribution is -2.49. The summed E-state index contributed by atoms with van der Waals surface area (Å²) in [6.45, 7) is 8.03. The number of thiophene rings is 1. The third-order valence-electron chi connectivity index (χ3n) is 5.15. The van der Waals surface area contributed by atoms with E-state index in [9.17, 15) is 15.0 Å². The van der Waals surface area contributed by atoms with Gasteiger partial charge in [-0.15, -0.1) is 11.3 Å². The normalized spacial score (nSPS) is 26.7. The van der Waals surface area contributed by atoms with Crippen LogP contribution in [-0.4, -0.2) is 68.7 Å². The van der Waals surface area contributed by atoms with Crippen LogP contribution in [0.4, 0.5) is 10.6 Å². The van der Waals surface area contributed by atoms with Crippen molar-refractivity contribution in [2.75, 3.05) is 18.5 Å². The Bertz CT molecular complexity index is 983. The molecule has 0 aromatic carbocycles. The molecule has 31 heavy (non-hydrogen) atoms. The van der Waals surface area contributed by atoms with Crippen molar-refractivity contribution in [1.82, 2.24) is 9.97 Å². The molecule has 0 saturated carbocycles. The van der Waals surface area contributed by atoms with Gasteiger partial charge in [-0.05, 0) is 40.0 Å². The summed E-state index contributed by atoms with van der Waals surface area (Å²) < 4.78 is 24.1. The number of hydrogen-bond donors (Lipinski definition) is 3. The van der Waals surface area contributed by atoms with Crippen LogP contribution in [0, 0.1) is 0 Å². The second-order valence-corrected chi connectivity index (χ2v) is 10.0. The Morgan fingerprint density at radius 1 is 1.23 bits per heavy atom. The number of aromatic nitrogens is 2. The summed E-state index contributed by atoms with van der Waals surface area (Å²) in [5.41, 5.74) is -0.666. The quantitative estimate of drug-likeness (QED) is 0.638. The number of rotatable bonds is 4. The largest absolute Gasteiger partial charge is 0.444 e. The number of ether oxygens (including phenoxy) is 4. The molecule has 3 atom stereocenters. The maximum absolute atomic E-state index is 12.2. The van der Waals surface area contributed by atoms with E-state index in [4.69, 9.17) is 18.9 Å². The Morgan fingerprint density at radius 3 is 2.58 bits per heavy atom. The van der Waals surface area contributed by atoms with E-state index in [-0.39, 0.29) is 0 Å². The van der Waals surface area contributed by atoms with E-state index in [1.54, 1.807) is 34.6 Å². The highest BCUT2D eigenvalue weighted by Gasteiger charge is 2.63. The average molecular weight is 454 g/mol. The van der Waals surface area contributed by atoms with Crippen LogP contribution in [0.1, 0.15) is 46.3 Å². The first kappa shape index (κ1) is 22.3. The van der Waals surface area contributed by atoms with Crippen molar-refractivity contribution >= 4 is 33.5 Å². The summed E-state index contributed by atoms with van der Waals surface area (Å²) >= 11 is 1.34. The Labute approximate surface area is 183 Å². The minimum Gasteiger partial charge on any atom is -0.444 e. The molecule has 0 unspecified atom stereocenters. The number of hydrogen-bond acceptors (Lipinski definition) is 10. The van der Waals surface area contributed by atoms with E-state index >= 15 is 0 Å². The number of aliphatic hydroxyl groups is 2. The standard InChI is InChI=1S/C20H27N3O7S/c1-18(2,3)30-17(26)23-16-14-11(21-9-22-16)10(6-31-14)12-13-15(29-19(4,5)27-13)20(7-24,8-25)28-12/h6,9,12-13,15,24-25H,7-8H2,1-5H3,(H,21,22,23,26)/t12-,13-,15-/m0/s1. The number of carbonyl (C=O) groups is 1. The molecule has 2 aliphatic rings. The number of nitrogens with zero attached hydrogens (tertiary/aromatic N) is 2. The van der Waals surface area contributed by atoms with Crippen LogP contribution in [0.25, 0.3) is 10.2 Å². The van der Waals surface area contributed by atoms with Crippen molar-refractivity contribution in [2.24, 2.45) is 0 Å². The zero-order valence-corrected chi connectivity index (χ0v) is 18.9. The molecule has 4 heterocycles. The fourth-order valence-corrected chi connectivity index (χ4v) is 4.90. The predicted octanol–water partition coefficient (Wildman–Crippen LogP) is 2.35. The number of anilines is 1. The molecule has 4 rings (SSSR count). The van der Waals surface area contributed by atoms with Crippen LogP contribution < -0.4 is 5.32 Å². The van der Waals surface area contributed by atoms with Crippen LogP contribution in [0.15, 0.2) is 11.7 Å². The number of amides is 1. The average Bonchev–Trinajstić information content (AvgIpc) is 3.30. The minimum atomic E-state index is -1.30. The van der Waals surface area contributed by atoms with Gasteiger partial charge in [0.2, 0.25) is 0 Å². The molecule has 1 amide bonds. The Morgan fingerprint density at radius 2 is 1.94 bits per heavy atom. The number of fused-ring (bicyclic) bond motifs is 2. The fourth-order valence-electron chi connectivity index (χ4n) is 3.91. The molecular weight excluding hydrogens is 426 g/mol. The van der Waals surface area contributed by atoms with Gasteiger partial charge in [-0.2, -0.15) is 0 Å². The van der Waals surface area contributed by atoms with Crippen molar-refractivity contribution in [2.45, 2.75) is 69.9 Å². The molecular formula is C20H27N3O7S. The highest BCUT2D eigenvalue weighted by atomic mass is 32.1. The van der Waals surface area contributed by atoms with E-state index in [1.165, 1.54) is 17.7 Å². The predicted molar refractivity (Wildman–Crippen MR) is 112 cm³/mol. The summed E-state index contributed by atoms with van der Waals surface area (Å²) in [7, 11) is 0. The Hall–Kier alpha value is -1.89. The van der Waals surface area contributed by atoms with Crippen molar-refractivity contribution in [3.63, 3.8) is 0 Å². The number of aliphatic hydroxyl groups excluding tert-OH is 2. The van der Waals surface area contributed by atoms with Gasteiger partial charge in [-0.3, -0.25) is 5.32 Å². The number of carbonyl (C=O) groups excluding carboxylic acids is 1. The molecule has 2 aliphatic heterocycles. The van der Waals surface area contributed by atoms with Gasteiger partial charge < -0.3 is 29.2 Å².